The molecular formula is C17H18ClFN2O. The molecule has 0 radical (unpaired) electrons. The zero-order valence-electron chi connectivity index (χ0n) is 12.8. The Labute approximate surface area is 134 Å². The van der Waals surface area contributed by atoms with Crippen LogP contribution in [0.2, 0.25) is 5.02 Å². The molecule has 5 heteroatoms. The molecule has 2 aromatic rings. The van der Waals surface area contributed by atoms with Gasteiger partial charge in [0.1, 0.15) is 5.82 Å². The zero-order chi connectivity index (χ0) is 16.3. The van der Waals surface area contributed by atoms with Gasteiger partial charge in [-0.2, -0.15) is 0 Å². The van der Waals surface area contributed by atoms with Gasteiger partial charge in [0.15, 0.2) is 0 Å². The Bertz CT molecular complexity index is 651. The number of anilines is 1. The van der Waals surface area contributed by atoms with Crippen LogP contribution in [0.25, 0.3) is 0 Å². The number of benzene rings is 2. The quantitative estimate of drug-likeness (QED) is 0.855. The fraction of sp³-hybridized carbons (Fsp3) is 0.235. The van der Waals surface area contributed by atoms with Crippen molar-refractivity contribution in [2.45, 2.75) is 6.54 Å². The van der Waals surface area contributed by atoms with Crippen LogP contribution in [0.3, 0.4) is 0 Å². The molecule has 0 atom stereocenters. The molecule has 0 bridgehead atoms. The molecule has 0 saturated heterocycles. The second-order valence-corrected chi connectivity index (χ2v) is 5.71. The van der Waals surface area contributed by atoms with E-state index in [1.165, 1.54) is 11.0 Å². The third-order valence-corrected chi connectivity index (χ3v) is 3.79. The first-order chi connectivity index (χ1) is 10.4. The van der Waals surface area contributed by atoms with Gasteiger partial charge in [-0.15, -0.1) is 0 Å². The lowest BCUT2D eigenvalue weighted by Gasteiger charge is -2.19. The SMILES string of the molecule is CN(Cc1c(F)cccc1Cl)C(=O)c1ccc(N(C)C)cc1. The van der Waals surface area contributed by atoms with Crippen molar-refractivity contribution in [2.24, 2.45) is 0 Å². The highest BCUT2D eigenvalue weighted by Crippen LogP contribution is 2.21. The summed E-state index contributed by atoms with van der Waals surface area (Å²) in [6.07, 6.45) is 0. The minimum absolute atomic E-state index is 0.125. The molecule has 0 aliphatic rings. The molecule has 116 valence electrons. The standard InChI is InChI=1S/C17H18ClFN2O/c1-20(2)13-9-7-12(8-10-13)17(22)21(3)11-14-15(18)5-4-6-16(14)19/h4-10H,11H2,1-3H3. The summed E-state index contributed by atoms with van der Waals surface area (Å²) in [5.74, 6) is -0.584. The minimum Gasteiger partial charge on any atom is -0.378 e. The number of hydrogen-bond donors (Lipinski definition) is 0. The van der Waals surface area contributed by atoms with Crippen LogP contribution in [0, 0.1) is 5.82 Å². The molecule has 22 heavy (non-hydrogen) atoms. The molecule has 0 fully saturated rings. The third kappa shape index (κ3) is 3.57. The fourth-order valence-electron chi connectivity index (χ4n) is 2.11. The maximum Gasteiger partial charge on any atom is 0.253 e. The van der Waals surface area contributed by atoms with Gasteiger partial charge in [-0.25, -0.2) is 4.39 Å². The fourth-order valence-corrected chi connectivity index (χ4v) is 2.34. The van der Waals surface area contributed by atoms with Crippen molar-refractivity contribution in [3.8, 4) is 0 Å². The van der Waals surface area contributed by atoms with E-state index in [0.29, 0.717) is 16.1 Å². The predicted molar refractivity (Wildman–Crippen MR) is 88.0 cm³/mol. The van der Waals surface area contributed by atoms with Crippen molar-refractivity contribution >= 4 is 23.2 Å². The van der Waals surface area contributed by atoms with Gasteiger partial charge in [0.05, 0.1) is 0 Å². The lowest BCUT2D eigenvalue weighted by molar-refractivity contribution is 0.0784. The molecule has 2 aromatic carbocycles. The van der Waals surface area contributed by atoms with Crippen LogP contribution in [-0.4, -0.2) is 32.0 Å². The van der Waals surface area contributed by atoms with Gasteiger partial charge >= 0.3 is 0 Å². The van der Waals surface area contributed by atoms with Gasteiger partial charge in [0, 0.05) is 49.5 Å². The molecule has 0 saturated carbocycles. The van der Waals surface area contributed by atoms with Gasteiger partial charge in [-0.3, -0.25) is 4.79 Å². The second kappa shape index (κ2) is 6.79. The number of amides is 1. The molecule has 0 spiro atoms. The van der Waals surface area contributed by atoms with Crippen LogP contribution in [0.4, 0.5) is 10.1 Å². The van der Waals surface area contributed by atoms with Crippen molar-refractivity contribution in [2.75, 3.05) is 26.0 Å². The average Bonchev–Trinajstić information content (AvgIpc) is 2.50. The van der Waals surface area contributed by atoms with E-state index in [0.717, 1.165) is 5.69 Å². The normalized spacial score (nSPS) is 10.4. The summed E-state index contributed by atoms with van der Waals surface area (Å²) in [4.78, 5) is 15.8. The van der Waals surface area contributed by atoms with Gasteiger partial charge in [0.2, 0.25) is 0 Å². The highest BCUT2D eigenvalue weighted by molar-refractivity contribution is 6.31. The van der Waals surface area contributed by atoms with Crippen molar-refractivity contribution in [1.29, 1.82) is 0 Å². The molecule has 1 amide bonds. The molecule has 0 heterocycles. The van der Waals surface area contributed by atoms with E-state index < -0.39 is 5.82 Å². The summed E-state index contributed by atoms with van der Waals surface area (Å²) in [5, 5.41) is 0.322. The summed E-state index contributed by atoms with van der Waals surface area (Å²) >= 11 is 6.00. The monoisotopic (exact) mass is 320 g/mol. The molecule has 0 aliphatic heterocycles. The summed E-state index contributed by atoms with van der Waals surface area (Å²) in [6.45, 7) is 0.125. The van der Waals surface area contributed by atoms with Crippen LogP contribution < -0.4 is 4.90 Å². The highest BCUT2D eigenvalue weighted by atomic mass is 35.5. The summed E-state index contributed by atoms with van der Waals surface area (Å²) in [7, 11) is 5.50. The van der Waals surface area contributed by atoms with E-state index in [2.05, 4.69) is 0 Å². The van der Waals surface area contributed by atoms with E-state index in [4.69, 9.17) is 11.6 Å². The van der Waals surface area contributed by atoms with Gasteiger partial charge in [-0.05, 0) is 36.4 Å². The highest BCUT2D eigenvalue weighted by Gasteiger charge is 2.16. The molecule has 2 rings (SSSR count). The Hall–Kier alpha value is -2.07. The lowest BCUT2D eigenvalue weighted by atomic mass is 10.1. The van der Waals surface area contributed by atoms with Crippen LogP contribution in [-0.2, 0) is 6.54 Å². The van der Waals surface area contributed by atoms with E-state index in [1.807, 2.05) is 31.1 Å². The van der Waals surface area contributed by atoms with Gasteiger partial charge < -0.3 is 9.80 Å². The molecular weight excluding hydrogens is 303 g/mol. The molecule has 0 aromatic heterocycles. The minimum atomic E-state index is -0.407. The van der Waals surface area contributed by atoms with Crippen LogP contribution in [0.1, 0.15) is 15.9 Å². The number of nitrogens with zero attached hydrogens (tertiary/aromatic N) is 2. The Balaban J connectivity index is 2.15. The molecule has 0 unspecified atom stereocenters. The maximum absolute atomic E-state index is 13.8. The average molecular weight is 321 g/mol. The topological polar surface area (TPSA) is 23.6 Å². The summed E-state index contributed by atoms with van der Waals surface area (Å²) in [5.41, 5.74) is 1.89. The molecule has 3 nitrogen and oxygen atoms in total. The summed E-state index contributed by atoms with van der Waals surface area (Å²) < 4.78 is 13.8. The van der Waals surface area contributed by atoms with Crippen molar-refractivity contribution in [1.82, 2.24) is 4.90 Å². The van der Waals surface area contributed by atoms with E-state index in [9.17, 15) is 9.18 Å². The van der Waals surface area contributed by atoms with Crippen molar-refractivity contribution < 1.29 is 9.18 Å². The predicted octanol–water partition coefficient (Wildman–Crippen LogP) is 3.82. The number of carbonyl (C=O) groups is 1. The number of rotatable bonds is 4. The van der Waals surface area contributed by atoms with E-state index >= 15 is 0 Å². The van der Waals surface area contributed by atoms with E-state index in [1.54, 1.807) is 31.3 Å². The van der Waals surface area contributed by atoms with Crippen molar-refractivity contribution in [3.05, 3.63) is 64.4 Å². The van der Waals surface area contributed by atoms with Gasteiger partial charge in [0.25, 0.3) is 5.91 Å². The Morgan fingerprint density at radius 2 is 1.73 bits per heavy atom. The Kier molecular flexibility index (Phi) is 5.03. The maximum atomic E-state index is 13.8. The lowest BCUT2D eigenvalue weighted by Crippen LogP contribution is -2.26. The first-order valence-electron chi connectivity index (χ1n) is 6.86. The second-order valence-electron chi connectivity index (χ2n) is 5.30. The Morgan fingerprint density at radius 1 is 1.09 bits per heavy atom. The number of hydrogen-bond acceptors (Lipinski definition) is 2. The van der Waals surface area contributed by atoms with Crippen LogP contribution in [0.15, 0.2) is 42.5 Å². The molecule has 0 aliphatic carbocycles. The van der Waals surface area contributed by atoms with Gasteiger partial charge in [-0.1, -0.05) is 17.7 Å². The third-order valence-electron chi connectivity index (χ3n) is 3.43. The summed E-state index contributed by atoms with van der Waals surface area (Å²) in [6, 6.07) is 11.8. The first kappa shape index (κ1) is 16.3. The largest absolute Gasteiger partial charge is 0.378 e. The van der Waals surface area contributed by atoms with Crippen LogP contribution >= 0.6 is 11.6 Å². The number of halogens is 2. The smallest absolute Gasteiger partial charge is 0.253 e. The first-order valence-corrected chi connectivity index (χ1v) is 7.23. The molecule has 0 N–H and O–H groups in total. The number of carbonyl (C=O) groups excluding carboxylic acids is 1. The van der Waals surface area contributed by atoms with E-state index in [-0.39, 0.29) is 12.5 Å². The van der Waals surface area contributed by atoms with Crippen molar-refractivity contribution in [3.63, 3.8) is 0 Å². The Morgan fingerprint density at radius 3 is 2.27 bits per heavy atom. The van der Waals surface area contributed by atoms with Crippen LogP contribution in [0.5, 0.6) is 0 Å². The zero-order valence-corrected chi connectivity index (χ0v) is 13.6.